The molecule has 0 aliphatic carbocycles. The molecule has 0 saturated carbocycles. The molecule has 0 bridgehead atoms. The monoisotopic (exact) mass is 268 g/mol. The van der Waals surface area contributed by atoms with Gasteiger partial charge in [-0.3, -0.25) is 4.79 Å². The van der Waals surface area contributed by atoms with Crippen LogP contribution in [0.3, 0.4) is 0 Å². The van der Waals surface area contributed by atoms with Gasteiger partial charge in [0.25, 0.3) is 0 Å². The number of anilines is 1. The van der Waals surface area contributed by atoms with Crippen LogP contribution < -0.4 is 10.1 Å². The molecule has 2 rings (SSSR count). The third-order valence-corrected chi connectivity index (χ3v) is 2.92. The molecule has 0 aromatic heterocycles. The Labute approximate surface area is 108 Å². The predicted octanol–water partition coefficient (Wildman–Crippen LogP) is 1.38. The average molecular weight is 268 g/mol. The number of ether oxygens (including phenoxy) is 1. The fourth-order valence-electron chi connectivity index (χ4n) is 1.75. The van der Waals surface area contributed by atoms with E-state index >= 15 is 0 Å². The third-order valence-electron chi connectivity index (χ3n) is 2.92. The summed E-state index contributed by atoms with van der Waals surface area (Å²) in [4.78, 5) is 23.6. The van der Waals surface area contributed by atoms with E-state index in [0.717, 1.165) is 6.07 Å². The van der Waals surface area contributed by atoms with E-state index in [4.69, 9.17) is 9.84 Å². The molecule has 1 fully saturated rings. The van der Waals surface area contributed by atoms with Crippen molar-refractivity contribution in [2.75, 3.05) is 25.5 Å². The van der Waals surface area contributed by atoms with E-state index in [2.05, 4.69) is 5.32 Å². The van der Waals surface area contributed by atoms with Crippen molar-refractivity contribution in [3.8, 4) is 5.75 Å². The van der Waals surface area contributed by atoms with E-state index in [9.17, 15) is 14.0 Å². The lowest BCUT2D eigenvalue weighted by Crippen LogP contribution is -2.54. The first kappa shape index (κ1) is 13.1. The van der Waals surface area contributed by atoms with Crippen molar-refractivity contribution >= 4 is 17.7 Å². The van der Waals surface area contributed by atoms with Gasteiger partial charge >= 0.3 is 12.0 Å². The smallest absolute Gasteiger partial charge is 0.321 e. The maximum atomic E-state index is 13.4. The van der Waals surface area contributed by atoms with E-state index in [1.807, 2.05) is 0 Å². The van der Waals surface area contributed by atoms with Gasteiger partial charge in [0, 0.05) is 24.8 Å². The fraction of sp³-hybridized carbons (Fsp3) is 0.333. The Morgan fingerprint density at radius 3 is 2.68 bits per heavy atom. The minimum Gasteiger partial charge on any atom is -0.494 e. The molecule has 1 aliphatic heterocycles. The number of rotatable bonds is 3. The topological polar surface area (TPSA) is 78.9 Å². The maximum Gasteiger partial charge on any atom is 0.321 e. The Kier molecular flexibility index (Phi) is 3.55. The predicted molar refractivity (Wildman–Crippen MR) is 64.7 cm³/mol. The number of hydrogen-bond donors (Lipinski definition) is 2. The Morgan fingerprint density at radius 1 is 1.47 bits per heavy atom. The molecule has 1 saturated heterocycles. The number of nitrogens with zero attached hydrogens (tertiary/aromatic N) is 1. The number of carboxylic acid groups (broad SMARTS) is 1. The van der Waals surface area contributed by atoms with Crippen LogP contribution in [0.25, 0.3) is 0 Å². The van der Waals surface area contributed by atoms with E-state index in [0.29, 0.717) is 5.69 Å². The fourth-order valence-corrected chi connectivity index (χ4v) is 1.75. The summed E-state index contributed by atoms with van der Waals surface area (Å²) in [6.45, 7) is 0.333. The third kappa shape index (κ3) is 2.75. The van der Waals surface area contributed by atoms with E-state index in [1.165, 1.54) is 24.1 Å². The second-order valence-electron chi connectivity index (χ2n) is 4.22. The average Bonchev–Trinajstić information content (AvgIpc) is 2.26. The second kappa shape index (κ2) is 5.13. The molecule has 7 heteroatoms. The number of hydrogen-bond acceptors (Lipinski definition) is 3. The van der Waals surface area contributed by atoms with Crippen molar-refractivity contribution < 1.29 is 23.8 Å². The van der Waals surface area contributed by atoms with Crippen LogP contribution in [0.1, 0.15) is 0 Å². The highest BCUT2D eigenvalue weighted by atomic mass is 19.1. The number of likely N-dealkylation sites (tertiary alicyclic amines) is 1. The van der Waals surface area contributed by atoms with Crippen molar-refractivity contribution in [3.05, 3.63) is 24.0 Å². The largest absolute Gasteiger partial charge is 0.494 e. The zero-order chi connectivity index (χ0) is 14.0. The molecule has 19 heavy (non-hydrogen) atoms. The van der Waals surface area contributed by atoms with Crippen LogP contribution in [0.2, 0.25) is 0 Å². The summed E-state index contributed by atoms with van der Waals surface area (Å²) in [6.07, 6.45) is 0. The summed E-state index contributed by atoms with van der Waals surface area (Å²) in [5.74, 6) is -1.92. The molecule has 1 aromatic rings. The lowest BCUT2D eigenvalue weighted by molar-refractivity contribution is -0.145. The number of methoxy groups -OCH3 is 1. The van der Waals surface area contributed by atoms with Crippen LogP contribution in [0.4, 0.5) is 14.9 Å². The number of carbonyl (C=O) groups is 2. The van der Waals surface area contributed by atoms with Crippen LogP contribution in [-0.4, -0.2) is 42.2 Å². The molecule has 0 radical (unpaired) electrons. The van der Waals surface area contributed by atoms with Crippen LogP contribution >= 0.6 is 0 Å². The molecule has 0 atom stereocenters. The van der Waals surface area contributed by atoms with Gasteiger partial charge in [0.1, 0.15) is 0 Å². The Balaban J connectivity index is 1.93. The lowest BCUT2D eigenvalue weighted by Gasteiger charge is -2.36. The first-order chi connectivity index (χ1) is 9.01. The van der Waals surface area contributed by atoms with Crippen molar-refractivity contribution in [2.24, 2.45) is 5.92 Å². The summed E-state index contributed by atoms with van der Waals surface area (Å²) in [5, 5.41) is 11.2. The number of carboxylic acids is 1. The molecule has 2 N–H and O–H groups in total. The molecular weight excluding hydrogens is 255 g/mol. The second-order valence-corrected chi connectivity index (χ2v) is 4.22. The van der Waals surface area contributed by atoms with Crippen molar-refractivity contribution in [1.29, 1.82) is 0 Å². The van der Waals surface area contributed by atoms with Crippen LogP contribution in [0.15, 0.2) is 18.2 Å². The number of carbonyl (C=O) groups excluding carboxylic acids is 1. The normalized spacial score (nSPS) is 14.7. The summed E-state index contributed by atoms with van der Waals surface area (Å²) in [7, 11) is 1.35. The van der Waals surface area contributed by atoms with Gasteiger partial charge in [-0.2, -0.15) is 0 Å². The van der Waals surface area contributed by atoms with Gasteiger partial charge in [0.2, 0.25) is 0 Å². The number of aliphatic carboxylic acids is 1. The summed E-state index contributed by atoms with van der Waals surface area (Å²) >= 11 is 0. The molecule has 0 spiro atoms. The van der Waals surface area contributed by atoms with E-state index < -0.39 is 23.7 Å². The zero-order valence-electron chi connectivity index (χ0n) is 10.2. The Bertz CT molecular complexity index is 514. The van der Waals surface area contributed by atoms with Crippen molar-refractivity contribution in [3.63, 3.8) is 0 Å². The first-order valence-electron chi connectivity index (χ1n) is 5.63. The minimum absolute atomic E-state index is 0.0906. The molecule has 2 amide bonds. The first-order valence-corrected chi connectivity index (χ1v) is 5.63. The summed E-state index contributed by atoms with van der Waals surface area (Å²) in [6, 6.07) is 3.61. The summed E-state index contributed by atoms with van der Waals surface area (Å²) < 4.78 is 18.2. The quantitative estimate of drug-likeness (QED) is 0.868. The van der Waals surface area contributed by atoms with Gasteiger partial charge in [-0.15, -0.1) is 0 Å². The van der Waals surface area contributed by atoms with Gasteiger partial charge in [-0.1, -0.05) is 0 Å². The highest BCUT2D eigenvalue weighted by Crippen LogP contribution is 2.22. The maximum absolute atomic E-state index is 13.4. The van der Waals surface area contributed by atoms with Gasteiger partial charge < -0.3 is 20.1 Å². The molecule has 1 heterocycles. The molecule has 1 aromatic carbocycles. The number of halogens is 1. The standard InChI is InChI=1S/C12H13FN2O4/c1-19-10-3-2-8(4-9(10)13)14-12(18)15-5-7(6-15)11(16)17/h2-4,7H,5-6H2,1H3,(H,14,18)(H,16,17). The number of benzene rings is 1. The lowest BCUT2D eigenvalue weighted by atomic mass is 10.0. The zero-order valence-corrected chi connectivity index (χ0v) is 10.2. The molecular formula is C12H13FN2O4. The number of nitrogens with one attached hydrogen (secondary N) is 1. The summed E-state index contributed by atoms with van der Waals surface area (Å²) in [5.41, 5.74) is 0.294. The minimum atomic E-state index is -0.917. The Morgan fingerprint density at radius 2 is 2.16 bits per heavy atom. The van der Waals surface area contributed by atoms with Gasteiger partial charge in [0.15, 0.2) is 11.6 Å². The van der Waals surface area contributed by atoms with E-state index in [1.54, 1.807) is 0 Å². The van der Waals surface area contributed by atoms with Crippen LogP contribution in [-0.2, 0) is 4.79 Å². The number of urea groups is 1. The molecule has 1 aliphatic rings. The Hall–Kier alpha value is -2.31. The molecule has 0 unspecified atom stereocenters. The van der Waals surface area contributed by atoms with Gasteiger partial charge in [-0.05, 0) is 12.1 Å². The van der Waals surface area contributed by atoms with E-state index in [-0.39, 0.29) is 18.8 Å². The van der Waals surface area contributed by atoms with Crippen molar-refractivity contribution in [2.45, 2.75) is 0 Å². The highest BCUT2D eigenvalue weighted by molar-refractivity contribution is 5.91. The van der Waals surface area contributed by atoms with Crippen molar-refractivity contribution in [1.82, 2.24) is 4.90 Å². The highest BCUT2D eigenvalue weighted by Gasteiger charge is 2.35. The van der Waals surface area contributed by atoms with Crippen LogP contribution in [0.5, 0.6) is 5.75 Å². The van der Waals surface area contributed by atoms with Crippen LogP contribution in [0, 0.1) is 11.7 Å². The number of amides is 2. The van der Waals surface area contributed by atoms with Gasteiger partial charge in [-0.25, -0.2) is 9.18 Å². The SMILES string of the molecule is COc1ccc(NC(=O)N2CC(C(=O)O)C2)cc1F. The van der Waals surface area contributed by atoms with Gasteiger partial charge in [0.05, 0.1) is 13.0 Å². The molecule has 102 valence electrons. The molecule has 6 nitrogen and oxygen atoms in total.